The molecule has 2 amide bonds. The maximum atomic E-state index is 13.4. The molecule has 2 aromatic carbocycles. The van der Waals surface area contributed by atoms with Crippen molar-refractivity contribution in [1.82, 2.24) is 10.6 Å². The lowest BCUT2D eigenvalue weighted by atomic mass is 9.98. The molecule has 0 fully saturated rings. The van der Waals surface area contributed by atoms with Crippen molar-refractivity contribution in [3.05, 3.63) is 59.7 Å². The first-order valence-electron chi connectivity index (χ1n) is 10.2. The van der Waals surface area contributed by atoms with Gasteiger partial charge in [-0.2, -0.15) is 0 Å². The summed E-state index contributed by atoms with van der Waals surface area (Å²) in [6.07, 6.45) is -4.78. The summed E-state index contributed by atoms with van der Waals surface area (Å²) in [5.74, 6) is -2.40. The van der Waals surface area contributed by atoms with E-state index < -0.39 is 42.9 Å². The number of carbonyl (C=O) groups is 3. The molecule has 1 unspecified atom stereocenters. The Morgan fingerprint density at radius 3 is 2.06 bits per heavy atom. The average Bonchev–Trinajstić information content (AvgIpc) is 3.09. The average molecular weight is 446 g/mol. The van der Waals surface area contributed by atoms with E-state index in [4.69, 9.17) is 9.84 Å². The van der Waals surface area contributed by atoms with Crippen LogP contribution in [-0.2, 0) is 14.3 Å². The Bertz CT molecular complexity index is 952. The summed E-state index contributed by atoms with van der Waals surface area (Å²) in [7, 11) is 0. The van der Waals surface area contributed by atoms with Crippen molar-refractivity contribution < 1.29 is 33.0 Å². The fourth-order valence-corrected chi connectivity index (χ4v) is 3.79. The quantitative estimate of drug-likeness (QED) is 0.547. The van der Waals surface area contributed by atoms with Crippen molar-refractivity contribution in [1.29, 1.82) is 0 Å². The maximum absolute atomic E-state index is 13.4. The Hall–Kier alpha value is -3.49. The second-order valence-electron chi connectivity index (χ2n) is 7.48. The van der Waals surface area contributed by atoms with Gasteiger partial charge in [0.25, 0.3) is 6.43 Å². The van der Waals surface area contributed by atoms with Crippen LogP contribution in [0, 0.1) is 0 Å². The number of rotatable bonds is 9. The third-order valence-electron chi connectivity index (χ3n) is 5.40. The molecule has 1 aliphatic carbocycles. The Kier molecular flexibility index (Phi) is 7.40. The van der Waals surface area contributed by atoms with Crippen molar-refractivity contribution in [3.63, 3.8) is 0 Å². The molecule has 0 spiro atoms. The molecular weight excluding hydrogens is 422 g/mol. The van der Waals surface area contributed by atoms with Gasteiger partial charge < -0.3 is 20.5 Å². The predicted octanol–water partition coefficient (Wildman–Crippen LogP) is 3.53. The third kappa shape index (κ3) is 5.22. The number of amides is 2. The number of fused-ring (bicyclic) bond motifs is 3. The number of nitrogens with one attached hydrogen (secondary N) is 2. The topological polar surface area (TPSA) is 105 Å². The molecule has 3 rings (SSSR count). The minimum atomic E-state index is -3.04. The van der Waals surface area contributed by atoms with E-state index in [9.17, 15) is 23.2 Å². The van der Waals surface area contributed by atoms with E-state index in [2.05, 4.69) is 5.32 Å². The Labute approximate surface area is 183 Å². The summed E-state index contributed by atoms with van der Waals surface area (Å²) in [4.78, 5) is 35.2. The molecule has 0 saturated carbocycles. The van der Waals surface area contributed by atoms with Gasteiger partial charge in [0.2, 0.25) is 5.91 Å². The molecule has 2 aromatic rings. The highest BCUT2D eigenvalue weighted by atomic mass is 19.3. The molecule has 0 radical (unpaired) electrons. The number of carboxylic acid groups (broad SMARTS) is 1. The van der Waals surface area contributed by atoms with E-state index in [0.29, 0.717) is 0 Å². The highest BCUT2D eigenvalue weighted by Crippen LogP contribution is 2.44. The van der Waals surface area contributed by atoms with Crippen LogP contribution < -0.4 is 10.6 Å². The molecule has 0 heterocycles. The first kappa shape index (κ1) is 23.2. The molecule has 3 N–H and O–H groups in total. The lowest BCUT2D eigenvalue weighted by molar-refractivity contribution is -0.142. The van der Waals surface area contributed by atoms with Gasteiger partial charge in [-0.05, 0) is 28.7 Å². The zero-order chi connectivity index (χ0) is 23.3. The highest BCUT2D eigenvalue weighted by molar-refractivity contribution is 5.84. The van der Waals surface area contributed by atoms with Crippen LogP contribution in [0.15, 0.2) is 48.5 Å². The smallest absolute Gasteiger partial charge is 0.407 e. The number of aliphatic carboxylic acids is 1. The monoisotopic (exact) mass is 446 g/mol. The summed E-state index contributed by atoms with van der Waals surface area (Å²) in [5.41, 5.74) is 4.02. The van der Waals surface area contributed by atoms with E-state index in [1.54, 1.807) is 6.92 Å². The van der Waals surface area contributed by atoms with Crippen LogP contribution in [0.4, 0.5) is 13.6 Å². The highest BCUT2D eigenvalue weighted by Gasteiger charge is 2.31. The molecule has 0 saturated heterocycles. The van der Waals surface area contributed by atoms with Crippen molar-refractivity contribution >= 4 is 18.0 Å². The number of hydrogen-bond donors (Lipinski definition) is 3. The van der Waals surface area contributed by atoms with Crippen LogP contribution in [0.3, 0.4) is 0 Å². The third-order valence-corrected chi connectivity index (χ3v) is 5.40. The Morgan fingerprint density at radius 1 is 1.00 bits per heavy atom. The summed E-state index contributed by atoms with van der Waals surface area (Å²) in [5, 5.41) is 13.2. The summed E-state index contributed by atoms with van der Waals surface area (Å²) >= 11 is 0. The van der Waals surface area contributed by atoms with Gasteiger partial charge in [0, 0.05) is 5.92 Å². The SMILES string of the molecule is CC[C@@H](NC(=O)CC(NC(=O)OCC1c2ccccc2-c2ccccc21)C(F)F)C(=O)O. The van der Waals surface area contributed by atoms with Gasteiger partial charge in [0.15, 0.2) is 0 Å². The number of alkyl halides is 2. The normalized spacial score (nSPS) is 14.2. The van der Waals surface area contributed by atoms with Gasteiger partial charge in [-0.25, -0.2) is 18.4 Å². The van der Waals surface area contributed by atoms with Gasteiger partial charge in [-0.15, -0.1) is 0 Å². The van der Waals surface area contributed by atoms with E-state index in [-0.39, 0.29) is 18.9 Å². The number of alkyl carbamates (subject to hydrolysis) is 1. The van der Waals surface area contributed by atoms with Gasteiger partial charge in [-0.1, -0.05) is 55.5 Å². The number of halogens is 2. The molecule has 1 aliphatic rings. The summed E-state index contributed by atoms with van der Waals surface area (Å²) < 4.78 is 32.0. The van der Waals surface area contributed by atoms with E-state index in [0.717, 1.165) is 22.3 Å². The lowest BCUT2D eigenvalue weighted by Gasteiger charge is -2.20. The zero-order valence-electron chi connectivity index (χ0n) is 17.4. The molecule has 0 aromatic heterocycles. The summed E-state index contributed by atoms with van der Waals surface area (Å²) in [6, 6.07) is 12.4. The molecular formula is C23H24F2N2O5. The first-order valence-corrected chi connectivity index (χ1v) is 10.2. The maximum Gasteiger partial charge on any atom is 0.407 e. The lowest BCUT2D eigenvalue weighted by Crippen LogP contribution is -2.47. The number of ether oxygens (including phenoxy) is 1. The largest absolute Gasteiger partial charge is 0.480 e. The minimum Gasteiger partial charge on any atom is -0.480 e. The predicted molar refractivity (Wildman–Crippen MR) is 112 cm³/mol. The van der Waals surface area contributed by atoms with Crippen LogP contribution in [0.25, 0.3) is 11.1 Å². The Morgan fingerprint density at radius 2 is 1.56 bits per heavy atom. The van der Waals surface area contributed by atoms with Crippen LogP contribution in [-0.4, -0.2) is 48.2 Å². The van der Waals surface area contributed by atoms with Gasteiger partial charge in [-0.3, -0.25) is 4.79 Å². The van der Waals surface area contributed by atoms with Crippen molar-refractivity contribution in [2.24, 2.45) is 0 Å². The van der Waals surface area contributed by atoms with Crippen molar-refractivity contribution in [2.75, 3.05) is 6.61 Å². The fourth-order valence-electron chi connectivity index (χ4n) is 3.79. The van der Waals surface area contributed by atoms with E-state index in [1.165, 1.54) is 0 Å². The minimum absolute atomic E-state index is 0.0566. The number of benzene rings is 2. The van der Waals surface area contributed by atoms with Crippen LogP contribution >= 0.6 is 0 Å². The molecule has 0 bridgehead atoms. The second-order valence-corrected chi connectivity index (χ2v) is 7.48. The van der Waals surface area contributed by atoms with Crippen molar-refractivity contribution in [3.8, 4) is 11.1 Å². The summed E-state index contributed by atoms with van der Waals surface area (Å²) in [6.45, 7) is 1.48. The molecule has 32 heavy (non-hydrogen) atoms. The van der Waals surface area contributed by atoms with Crippen LogP contribution in [0.1, 0.15) is 36.8 Å². The van der Waals surface area contributed by atoms with Gasteiger partial charge >= 0.3 is 12.1 Å². The number of carbonyl (C=O) groups excluding carboxylic acids is 2. The molecule has 2 atom stereocenters. The second kappa shape index (κ2) is 10.2. The molecule has 170 valence electrons. The molecule has 7 nitrogen and oxygen atoms in total. The van der Waals surface area contributed by atoms with E-state index >= 15 is 0 Å². The first-order chi connectivity index (χ1) is 15.3. The number of hydrogen-bond acceptors (Lipinski definition) is 4. The molecule has 0 aliphatic heterocycles. The fraction of sp³-hybridized carbons (Fsp3) is 0.348. The van der Waals surface area contributed by atoms with E-state index in [1.807, 2.05) is 53.8 Å². The van der Waals surface area contributed by atoms with Gasteiger partial charge in [0.1, 0.15) is 18.7 Å². The number of carboxylic acids is 1. The standard InChI is InChI=1S/C23H24F2N2O5/c1-2-18(22(29)30)26-20(28)11-19(21(24)25)27-23(31)32-12-17-15-9-5-3-7-13(15)14-8-4-6-10-16(14)17/h3-10,17-19,21H,2,11-12H2,1H3,(H,26,28)(H,27,31)(H,29,30)/t18-,19?/m1/s1. The molecule has 9 heteroatoms. The zero-order valence-corrected chi connectivity index (χ0v) is 17.4. The van der Waals surface area contributed by atoms with Crippen LogP contribution in [0.2, 0.25) is 0 Å². The van der Waals surface area contributed by atoms with Crippen molar-refractivity contribution in [2.45, 2.75) is 44.2 Å². The Balaban J connectivity index is 1.61. The van der Waals surface area contributed by atoms with Gasteiger partial charge in [0.05, 0.1) is 6.42 Å². The van der Waals surface area contributed by atoms with Crippen LogP contribution in [0.5, 0.6) is 0 Å².